The zero-order valence-electron chi connectivity index (χ0n) is 8.27. The van der Waals surface area contributed by atoms with Crippen molar-refractivity contribution in [3.05, 3.63) is 28.7 Å². The third-order valence-corrected chi connectivity index (χ3v) is 2.67. The van der Waals surface area contributed by atoms with E-state index in [9.17, 15) is 9.90 Å². The van der Waals surface area contributed by atoms with Crippen molar-refractivity contribution in [2.45, 2.75) is 19.1 Å². The fourth-order valence-corrected chi connectivity index (χ4v) is 1.57. The average molecular weight is 273 g/mol. The van der Waals surface area contributed by atoms with Gasteiger partial charge in [0.15, 0.2) is 0 Å². The number of primary amides is 1. The Labute approximate surface area is 96.6 Å². The molecular weight excluding hydrogens is 260 g/mol. The van der Waals surface area contributed by atoms with Gasteiger partial charge in [-0.3, -0.25) is 4.79 Å². The van der Waals surface area contributed by atoms with Gasteiger partial charge in [-0.1, -0.05) is 12.1 Å². The first-order valence-electron chi connectivity index (χ1n) is 4.51. The zero-order chi connectivity index (χ0) is 11.4. The summed E-state index contributed by atoms with van der Waals surface area (Å²) in [5, 5.41) is 12.2. The summed E-state index contributed by atoms with van der Waals surface area (Å²) in [6.07, 6.45) is -0.838. The van der Waals surface area contributed by atoms with Crippen LogP contribution in [0.4, 0.5) is 5.69 Å². The molecule has 0 aromatic heterocycles. The van der Waals surface area contributed by atoms with Gasteiger partial charge in [0.2, 0.25) is 5.91 Å². The topological polar surface area (TPSA) is 75.3 Å². The number of nitrogens with two attached hydrogens (primary N) is 1. The third-order valence-electron chi connectivity index (χ3n) is 1.97. The van der Waals surface area contributed by atoms with Crippen molar-refractivity contribution >= 4 is 27.5 Å². The lowest BCUT2D eigenvalue weighted by molar-refractivity contribution is -0.120. The minimum Gasteiger partial charge on any atom is -0.391 e. The maximum atomic E-state index is 11.0. The van der Waals surface area contributed by atoms with Gasteiger partial charge in [0, 0.05) is 10.2 Å². The van der Waals surface area contributed by atoms with Gasteiger partial charge in [-0.05, 0) is 35.0 Å². The summed E-state index contributed by atoms with van der Waals surface area (Å²) in [6, 6.07) is 6.53. The molecule has 0 heterocycles. The summed E-state index contributed by atoms with van der Waals surface area (Å²) in [5.41, 5.74) is 5.88. The van der Waals surface area contributed by atoms with Gasteiger partial charge in [0.25, 0.3) is 0 Å². The second-order valence-electron chi connectivity index (χ2n) is 3.24. The van der Waals surface area contributed by atoms with Gasteiger partial charge in [0.1, 0.15) is 6.04 Å². The maximum Gasteiger partial charge on any atom is 0.242 e. The van der Waals surface area contributed by atoms with Gasteiger partial charge in [0.05, 0.1) is 6.10 Å². The van der Waals surface area contributed by atoms with Crippen LogP contribution in [0.3, 0.4) is 0 Å². The Morgan fingerprint density at radius 1 is 1.53 bits per heavy atom. The van der Waals surface area contributed by atoms with Crippen LogP contribution in [0.5, 0.6) is 0 Å². The minimum atomic E-state index is -0.838. The van der Waals surface area contributed by atoms with Crippen molar-refractivity contribution in [3.63, 3.8) is 0 Å². The smallest absolute Gasteiger partial charge is 0.242 e. The molecule has 0 aliphatic carbocycles. The average Bonchev–Trinajstić information content (AvgIpc) is 2.15. The summed E-state index contributed by atoms with van der Waals surface area (Å²) >= 11 is 3.33. The molecule has 0 aliphatic rings. The highest BCUT2D eigenvalue weighted by molar-refractivity contribution is 9.10. The molecule has 1 amide bonds. The van der Waals surface area contributed by atoms with Crippen molar-refractivity contribution in [2.24, 2.45) is 5.73 Å². The predicted molar refractivity (Wildman–Crippen MR) is 62.4 cm³/mol. The normalized spacial score (nSPS) is 14.3. The lowest BCUT2D eigenvalue weighted by atomic mass is 10.1. The van der Waals surface area contributed by atoms with Gasteiger partial charge in [-0.15, -0.1) is 0 Å². The van der Waals surface area contributed by atoms with Crippen LogP contribution in [0.2, 0.25) is 0 Å². The number of benzene rings is 1. The number of para-hydroxylation sites is 1. The molecule has 1 aromatic carbocycles. The van der Waals surface area contributed by atoms with E-state index in [1.54, 1.807) is 6.07 Å². The quantitative estimate of drug-likeness (QED) is 0.768. The van der Waals surface area contributed by atoms with Crippen molar-refractivity contribution in [1.29, 1.82) is 0 Å². The predicted octanol–water partition coefficient (Wildman–Crippen LogP) is 1.10. The number of aliphatic hydroxyl groups excluding tert-OH is 1. The molecule has 5 heteroatoms. The molecule has 4 nitrogen and oxygen atoms in total. The first-order chi connectivity index (χ1) is 7.02. The number of carbonyl (C=O) groups excluding carboxylic acids is 1. The summed E-state index contributed by atoms with van der Waals surface area (Å²) < 4.78 is 0.817. The highest BCUT2D eigenvalue weighted by Gasteiger charge is 2.21. The number of nitrogens with one attached hydrogen (secondary N) is 1. The summed E-state index contributed by atoms with van der Waals surface area (Å²) in [5.74, 6) is -0.583. The van der Waals surface area contributed by atoms with E-state index >= 15 is 0 Å². The van der Waals surface area contributed by atoms with E-state index < -0.39 is 18.1 Å². The van der Waals surface area contributed by atoms with Gasteiger partial charge in [-0.25, -0.2) is 0 Å². The molecule has 15 heavy (non-hydrogen) atoms. The fourth-order valence-electron chi connectivity index (χ4n) is 1.18. The van der Waals surface area contributed by atoms with Gasteiger partial charge in [-0.2, -0.15) is 0 Å². The summed E-state index contributed by atoms with van der Waals surface area (Å²) in [6.45, 7) is 1.51. The van der Waals surface area contributed by atoms with Crippen molar-refractivity contribution in [3.8, 4) is 0 Å². The van der Waals surface area contributed by atoms with E-state index in [0.717, 1.165) is 10.2 Å². The highest BCUT2D eigenvalue weighted by atomic mass is 79.9. The summed E-state index contributed by atoms with van der Waals surface area (Å²) in [7, 11) is 0. The van der Waals surface area contributed by atoms with E-state index in [0.29, 0.717) is 0 Å². The number of anilines is 1. The molecule has 1 aromatic rings. The molecule has 82 valence electrons. The van der Waals surface area contributed by atoms with E-state index in [-0.39, 0.29) is 0 Å². The lowest BCUT2D eigenvalue weighted by Crippen LogP contribution is -2.43. The SMILES string of the molecule is C[C@@H](O)[C@H](Nc1ccccc1Br)C(N)=O. The second-order valence-corrected chi connectivity index (χ2v) is 4.10. The highest BCUT2D eigenvalue weighted by Crippen LogP contribution is 2.22. The number of hydrogen-bond donors (Lipinski definition) is 3. The molecule has 0 radical (unpaired) electrons. The molecule has 0 bridgehead atoms. The van der Waals surface area contributed by atoms with Crippen LogP contribution >= 0.6 is 15.9 Å². The molecule has 0 aliphatic heterocycles. The maximum absolute atomic E-state index is 11.0. The van der Waals surface area contributed by atoms with Crippen LogP contribution in [0.25, 0.3) is 0 Å². The number of hydrogen-bond acceptors (Lipinski definition) is 3. The monoisotopic (exact) mass is 272 g/mol. The lowest BCUT2D eigenvalue weighted by Gasteiger charge is -2.19. The second kappa shape index (κ2) is 5.14. The Morgan fingerprint density at radius 3 is 2.60 bits per heavy atom. The van der Waals surface area contributed by atoms with E-state index in [2.05, 4.69) is 21.2 Å². The first kappa shape index (κ1) is 12.0. The van der Waals surface area contributed by atoms with Crippen LogP contribution in [0.1, 0.15) is 6.92 Å². The van der Waals surface area contributed by atoms with Crippen molar-refractivity contribution < 1.29 is 9.90 Å². The van der Waals surface area contributed by atoms with Gasteiger partial charge >= 0.3 is 0 Å². The molecule has 1 rings (SSSR count). The first-order valence-corrected chi connectivity index (χ1v) is 5.30. The van der Waals surface area contributed by atoms with Crippen LogP contribution in [-0.2, 0) is 4.79 Å². The Hall–Kier alpha value is -1.07. The standard InChI is InChI=1S/C10H13BrN2O2/c1-6(14)9(10(12)15)13-8-5-3-2-4-7(8)11/h2-6,9,13-14H,1H3,(H2,12,15)/t6-,9+/m1/s1. The minimum absolute atomic E-state index is 0.583. The zero-order valence-corrected chi connectivity index (χ0v) is 9.86. The fraction of sp³-hybridized carbons (Fsp3) is 0.300. The Bertz CT molecular complexity index is 355. The molecule has 0 unspecified atom stereocenters. The Kier molecular flexibility index (Phi) is 4.11. The largest absolute Gasteiger partial charge is 0.391 e. The van der Waals surface area contributed by atoms with Crippen molar-refractivity contribution in [2.75, 3.05) is 5.32 Å². The van der Waals surface area contributed by atoms with Crippen LogP contribution in [0, 0.1) is 0 Å². The number of aliphatic hydroxyl groups is 1. The number of amides is 1. The molecule has 0 saturated heterocycles. The molecule has 2 atom stereocenters. The molecule has 4 N–H and O–H groups in total. The van der Waals surface area contributed by atoms with E-state index in [4.69, 9.17) is 5.73 Å². The molecule has 0 fully saturated rings. The molecule has 0 saturated carbocycles. The third kappa shape index (κ3) is 3.21. The van der Waals surface area contributed by atoms with Crippen LogP contribution < -0.4 is 11.1 Å². The van der Waals surface area contributed by atoms with Crippen LogP contribution in [0.15, 0.2) is 28.7 Å². The van der Waals surface area contributed by atoms with Crippen molar-refractivity contribution in [1.82, 2.24) is 0 Å². The number of rotatable bonds is 4. The van der Waals surface area contributed by atoms with E-state index in [1.165, 1.54) is 6.92 Å². The Morgan fingerprint density at radius 2 is 2.13 bits per heavy atom. The Balaban J connectivity index is 2.84. The van der Waals surface area contributed by atoms with E-state index in [1.807, 2.05) is 18.2 Å². The molecular formula is C10H13BrN2O2. The summed E-state index contributed by atoms with van der Waals surface area (Å²) in [4.78, 5) is 11.0. The molecule has 0 spiro atoms. The number of halogens is 1. The van der Waals surface area contributed by atoms with Crippen LogP contribution in [-0.4, -0.2) is 23.2 Å². The van der Waals surface area contributed by atoms with Gasteiger partial charge < -0.3 is 16.2 Å². The number of carbonyl (C=O) groups is 1.